The molecule has 202 valence electrons. The summed E-state index contributed by atoms with van der Waals surface area (Å²) in [7, 11) is 0. The Labute approximate surface area is 240 Å². The number of nitrogens with zero attached hydrogens (tertiary/aromatic N) is 1. The van der Waals surface area contributed by atoms with Crippen molar-refractivity contribution >= 4 is 63.8 Å². The minimum atomic E-state index is -0.760. The molecule has 0 saturated carbocycles. The van der Waals surface area contributed by atoms with E-state index in [1.165, 1.54) is 40.9 Å². The maximum absolute atomic E-state index is 13.8. The van der Waals surface area contributed by atoms with Gasteiger partial charge in [0.2, 0.25) is 11.8 Å². The number of anilines is 2. The molecule has 40 heavy (non-hydrogen) atoms. The first-order chi connectivity index (χ1) is 19.3. The SMILES string of the molecule is O=C(COc1cccc([C@@H]2c3sc(=O)[nH]c3S[C@H]3C(=O)N(c4ccc(Cl)cc4)C(=O)[C@@H]23)c1)Nc1ccc(F)cc1. The molecule has 3 aromatic carbocycles. The number of ether oxygens (including phenoxy) is 1. The molecule has 2 aliphatic rings. The highest BCUT2D eigenvalue weighted by Gasteiger charge is 2.56. The Kier molecular flexibility index (Phi) is 6.95. The first kappa shape index (κ1) is 26.3. The number of thioether (sulfide) groups is 1. The third kappa shape index (κ3) is 4.91. The van der Waals surface area contributed by atoms with Crippen molar-refractivity contribution in [3.05, 3.63) is 104 Å². The Morgan fingerprint density at radius 2 is 1.77 bits per heavy atom. The average molecular weight is 596 g/mol. The van der Waals surface area contributed by atoms with E-state index in [9.17, 15) is 23.6 Å². The van der Waals surface area contributed by atoms with Gasteiger partial charge in [0.1, 0.15) is 16.8 Å². The molecule has 3 heterocycles. The molecule has 1 fully saturated rings. The third-order valence-electron chi connectivity index (χ3n) is 6.62. The van der Waals surface area contributed by atoms with Gasteiger partial charge in [0.25, 0.3) is 5.91 Å². The number of nitrogens with one attached hydrogen (secondary N) is 2. The van der Waals surface area contributed by atoms with Crippen molar-refractivity contribution in [2.24, 2.45) is 5.92 Å². The molecule has 0 spiro atoms. The van der Waals surface area contributed by atoms with Crippen molar-refractivity contribution in [1.29, 1.82) is 0 Å². The molecule has 4 aromatic rings. The Morgan fingerprint density at radius 3 is 2.52 bits per heavy atom. The van der Waals surface area contributed by atoms with E-state index in [0.29, 0.717) is 37.6 Å². The summed E-state index contributed by atoms with van der Waals surface area (Å²) >= 11 is 8.21. The summed E-state index contributed by atoms with van der Waals surface area (Å²) < 4.78 is 18.8. The number of halogens is 2. The lowest BCUT2D eigenvalue weighted by molar-refractivity contribution is -0.122. The molecule has 2 aliphatic heterocycles. The highest BCUT2D eigenvalue weighted by molar-refractivity contribution is 8.00. The Hall–Kier alpha value is -3.93. The Balaban J connectivity index is 1.28. The summed E-state index contributed by atoms with van der Waals surface area (Å²) in [5, 5.41) is 2.93. The number of amides is 3. The number of rotatable bonds is 6. The van der Waals surface area contributed by atoms with Gasteiger partial charge in [-0.3, -0.25) is 19.2 Å². The van der Waals surface area contributed by atoms with Gasteiger partial charge in [0.15, 0.2) is 6.61 Å². The van der Waals surface area contributed by atoms with Gasteiger partial charge in [-0.1, -0.05) is 46.8 Å². The molecular formula is C28H19ClFN3O5S2. The van der Waals surface area contributed by atoms with Crippen LogP contribution in [0.4, 0.5) is 15.8 Å². The molecule has 0 bridgehead atoms. The van der Waals surface area contributed by atoms with Crippen LogP contribution in [0.25, 0.3) is 0 Å². The number of hydrogen-bond acceptors (Lipinski definition) is 7. The lowest BCUT2D eigenvalue weighted by atomic mass is 9.83. The van der Waals surface area contributed by atoms with Crippen LogP contribution in [0.15, 0.2) is 82.6 Å². The second-order valence-electron chi connectivity index (χ2n) is 9.15. The fourth-order valence-electron chi connectivity index (χ4n) is 4.90. The van der Waals surface area contributed by atoms with Crippen LogP contribution in [0.3, 0.4) is 0 Å². The summed E-state index contributed by atoms with van der Waals surface area (Å²) in [6.07, 6.45) is 0. The van der Waals surface area contributed by atoms with E-state index in [1.54, 1.807) is 48.5 Å². The highest BCUT2D eigenvalue weighted by Crippen LogP contribution is 2.53. The molecule has 3 amide bonds. The number of thiazole rings is 1. The lowest BCUT2D eigenvalue weighted by Crippen LogP contribution is -2.32. The van der Waals surface area contributed by atoms with Gasteiger partial charge < -0.3 is 15.0 Å². The fourth-order valence-corrected chi connectivity index (χ4v) is 7.54. The van der Waals surface area contributed by atoms with Gasteiger partial charge in [-0.25, -0.2) is 9.29 Å². The van der Waals surface area contributed by atoms with E-state index in [4.69, 9.17) is 16.3 Å². The molecule has 1 aromatic heterocycles. The predicted molar refractivity (Wildman–Crippen MR) is 151 cm³/mol. The van der Waals surface area contributed by atoms with Crippen molar-refractivity contribution in [3.8, 4) is 5.75 Å². The summed E-state index contributed by atoms with van der Waals surface area (Å²) in [5.41, 5.74) is 1.52. The largest absolute Gasteiger partial charge is 0.484 e. The van der Waals surface area contributed by atoms with E-state index in [-0.39, 0.29) is 23.3 Å². The molecule has 6 rings (SSSR count). The summed E-state index contributed by atoms with van der Waals surface area (Å²) in [5.74, 6) is -2.56. The predicted octanol–water partition coefficient (Wildman–Crippen LogP) is 5.04. The molecule has 2 N–H and O–H groups in total. The van der Waals surface area contributed by atoms with E-state index in [1.807, 2.05) is 0 Å². The van der Waals surface area contributed by atoms with E-state index in [0.717, 1.165) is 11.3 Å². The van der Waals surface area contributed by atoms with Crippen molar-refractivity contribution in [3.63, 3.8) is 0 Å². The van der Waals surface area contributed by atoms with Crippen LogP contribution in [0, 0.1) is 11.7 Å². The number of hydrogen-bond donors (Lipinski definition) is 2. The molecular weight excluding hydrogens is 577 g/mol. The fraction of sp³-hybridized carbons (Fsp3) is 0.143. The van der Waals surface area contributed by atoms with Crippen LogP contribution in [0.5, 0.6) is 5.75 Å². The molecule has 1 saturated heterocycles. The molecule has 3 atom stereocenters. The van der Waals surface area contributed by atoms with Gasteiger partial charge in [0.05, 0.1) is 16.6 Å². The monoisotopic (exact) mass is 595 g/mol. The zero-order chi connectivity index (χ0) is 28.0. The quantitative estimate of drug-likeness (QED) is 0.302. The van der Waals surface area contributed by atoms with Gasteiger partial charge in [-0.2, -0.15) is 0 Å². The van der Waals surface area contributed by atoms with E-state index in [2.05, 4.69) is 10.3 Å². The minimum Gasteiger partial charge on any atom is -0.484 e. The lowest BCUT2D eigenvalue weighted by Gasteiger charge is -2.30. The number of carbonyl (C=O) groups is 3. The molecule has 0 radical (unpaired) electrons. The topological polar surface area (TPSA) is 109 Å². The second-order valence-corrected chi connectivity index (χ2v) is 11.8. The van der Waals surface area contributed by atoms with Crippen molar-refractivity contribution < 1.29 is 23.5 Å². The first-order valence-electron chi connectivity index (χ1n) is 12.1. The number of carbonyl (C=O) groups excluding carboxylic acids is 3. The highest BCUT2D eigenvalue weighted by atomic mass is 35.5. The van der Waals surface area contributed by atoms with Crippen LogP contribution in [0.2, 0.25) is 5.02 Å². The van der Waals surface area contributed by atoms with E-state index >= 15 is 0 Å². The zero-order valence-corrected chi connectivity index (χ0v) is 22.8. The zero-order valence-electron chi connectivity index (χ0n) is 20.4. The van der Waals surface area contributed by atoms with Crippen LogP contribution >= 0.6 is 34.7 Å². The number of imide groups is 1. The smallest absolute Gasteiger partial charge is 0.305 e. The van der Waals surface area contributed by atoms with Crippen LogP contribution in [0.1, 0.15) is 16.4 Å². The Bertz CT molecular complexity index is 1690. The normalized spacial score (nSPS) is 19.8. The Morgan fingerprint density at radius 1 is 1.02 bits per heavy atom. The third-order valence-corrected chi connectivity index (χ3v) is 9.28. The van der Waals surface area contributed by atoms with Gasteiger partial charge in [-0.05, 0) is 66.2 Å². The van der Waals surface area contributed by atoms with Crippen molar-refractivity contribution in [1.82, 2.24) is 4.98 Å². The van der Waals surface area contributed by atoms with Crippen molar-refractivity contribution in [2.75, 3.05) is 16.8 Å². The number of H-pyrrole nitrogens is 1. The average Bonchev–Trinajstić information content (AvgIpc) is 3.43. The van der Waals surface area contributed by atoms with Gasteiger partial charge in [-0.15, -0.1) is 0 Å². The second kappa shape index (κ2) is 10.6. The number of benzene rings is 3. The maximum atomic E-state index is 13.8. The molecule has 8 nitrogen and oxygen atoms in total. The summed E-state index contributed by atoms with van der Waals surface area (Å²) in [6.45, 7) is -0.308. The van der Waals surface area contributed by atoms with Gasteiger partial charge in [0, 0.05) is 21.5 Å². The van der Waals surface area contributed by atoms with Crippen LogP contribution < -0.4 is 19.8 Å². The number of fused-ring (bicyclic) bond motifs is 2. The van der Waals surface area contributed by atoms with Crippen LogP contribution in [-0.2, 0) is 14.4 Å². The van der Waals surface area contributed by atoms with Crippen LogP contribution in [-0.4, -0.2) is 34.6 Å². The van der Waals surface area contributed by atoms with E-state index < -0.39 is 28.8 Å². The number of aromatic nitrogens is 1. The summed E-state index contributed by atoms with van der Waals surface area (Å²) in [4.78, 5) is 56.4. The van der Waals surface area contributed by atoms with Gasteiger partial charge >= 0.3 is 4.87 Å². The summed E-state index contributed by atoms with van der Waals surface area (Å²) in [6, 6.07) is 18.8. The minimum absolute atomic E-state index is 0.276. The number of aromatic amines is 1. The van der Waals surface area contributed by atoms with Crippen molar-refractivity contribution in [2.45, 2.75) is 16.2 Å². The molecule has 0 unspecified atom stereocenters. The molecule has 0 aliphatic carbocycles. The standard InChI is InChI=1S/C28H19ClFN3O5S2/c29-15-4-10-18(11-5-15)33-26(35)22-21(23-25(32-28(37)40-23)39-24(22)27(33)36)14-2-1-3-19(12-14)38-13-20(34)31-17-8-6-16(30)7-9-17/h1-12,21-22,24H,13H2,(H,31,34)(H,32,37)/t21-,22-,24+/m0/s1. The first-order valence-corrected chi connectivity index (χ1v) is 14.2. The molecule has 12 heteroatoms. The maximum Gasteiger partial charge on any atom is 0.305 e.